The number of rotatable bonds is 7. The molecule has 0 unspecified atom stereocenters. The molecule has 0 fully saturated rings. The third-order valence-corrected chi connectivity index (χ3v) is 3.67. The Labute approximate surface area is 110 Å². The molecule has 0 N–H and O–H groups in total. The predicted molar refractivity (Wildman–Crippen MR) is 80.1 cm³/mol. The Morgan fingerprint density at radius 1 is 1.27 bits per heavy atom. The van der Waals surface area contributed by atoms with Crippen molar-refractivity contribution in [2.24, 2.45) is 0 Å². The summed E-state index contributed by atoms with van der Waals surface area (Å²) < 4.78 is 8.35. The lowest BCUT2D eigenvalue weighted by atomic mass is 9.99. The predicted octanol–water partition coefficient (Wildman–Crippen LogP) is 5.13. The molecule has 15 heavy (non-hydrogen) atoms. The number of hydrogen-bond acceptors (Lipinski definition) is 1. The van der Waals surface area contributed by atoms with E-state index < -0.39 is 8.32 Å². The maximum Gasteiger partial charge on any atom is 0.184 e. The molecule has 0 saturated heterocycles. The Balaban J connectivity index is 4.32. The van der Waals surface area contributed by atoms with Crippen molar-refractivity contribution in [3.8, 4) is 0 Å². The average Bonchev–Trinajstić information content (AvgIpc) is 2.01. The summed E-state index contributed by atoms with van der Waals surface area (Å²) in [6.45, 7) is 11.2. The Hall–Kier alpha value is 0.647. The van der Waals surface area contributed by atoms with E-state index in [1.165, 1.54) is 19.3 Å². The highest BCUT2D eigenvalue weighted by molar-refractivity contribution is 14.1. The molecule has 0 bridgehead atoms. The van der Waals surface area contributed by atoms with Crippen LogP contribution in [0.2, 0.25) is 19.6 Å². The van der Waals surface area contributed by atoms with E-state index in [0.717, 1.165) is 6.42 Å². The summed E-state index contributed by atoms with van der Waals surface area (Å²) in [5.41, 5.74) is -0.0408. The van der Waals surface area contributed by atoms with E-state index in [0.29, 0.717) is 0 Å². The van der Waals surface area contributed by atoms with Crippen LogP contribution >= 0.6 is 22.6 Å². The monoisotopic (exact) mass is 340 g/mol. The largest absolute Gasteiger partial charge is 0.409 e. The van der Waals surface area contributed by atoms with Crippen molar-refractivity contribution in [1.29, 1.82) is 0 Å². The van der Waals surface area contributed by atoms with Crippen molar-refractivity contribution in [2.75, 3.05) is 0 Å². The van der Waals surface area contributed by atoms with Crippen molar-refractivity contribution >= 4 is 30.9 Å². The van der Waals surface area contributed by atoms with Crippen LogP contribution in [-0.4, -0.2) is 13.9 Å². The Kier molecular flexibility index (Phi) is 7.37. The first-order valence-electron chi connectivity index (χ1n) is 5.81. The minimum absolute atomic E-state index is 0.0408. The van der Waals surface area contributed by atoms with Gasteiger partial charge in [-0.1, -0.05) is 48.8 Å². The molecule has 1 nitrogen and oxygen atoms in total. The maximum absolute atomic E-state index is 6.26. The van der Waals surface area contributed by atoms with Gasteiger partial charge in [-0.25, -0.2) is 0 Å². The fourth-order valence-corrected chi connectivity index (χ4v) is 4.06. The van der Waals surface area contributed by atoms with Gasteiger partial charge in [0.15, 0.2) is 8.32 Å². The van der Waals surface area contributed by atoms with Gasteiger partial charge in [-0.15, -0.1) is 0 Å². The van der Waals surface area contributed by atoms with E-state index >= 15 is 0 Å². The van der Waals surface area contributed by atoms with E-state index in [9.17, 15) is 0 Å². The van der Waals surface area contributed by atoms with E-state index in [-0.39, 0.29) is 5.60 Å². The highest BCUT2D eigenvalue weighted by Gasteiger charge is 2.28. The van der Waals surface area contributed by atoms with Crippen LogP contribution in [-0.2, 0) is 4.43 Å². The molecule has 0 aliphatic carbocycles. The number of hydrogen-bond donors (Lipinski definition) is 0. The van der Waals surface area contributed by atoms with Crippen molar-refractivity contribution in [3.05, 3.63) is 10.2 Å². The van der Waals surface area contributed by atoms with Crippen LogP contribution in [0.4, 0.5) is 0 Å². The summed E-state index contributed by atoms with van der Waals surface area (Å²) in [6, 6.07) is 0. The first kappa shape index (κ1) is 15.6. The maximum atomic E-state index is 6.26. The lowest BCUT2D eigenvalue weighted by molar-refractivity contribution is 0.119. The second kappa shape index (κ2) is 7.07. The molecule has 0 aromatic carbocycles. The summed E-state index contributed by atoms with van der Waals surface area (Å²) in [6.07, 6.45) is 7.20. The average molecular weight is 340 g/mol. The van der Waals surface area contributed by atoms with Gasteiger partial charge in [0.1, 0.15) is 0 Å². The first-order valence-corrected chi connectivity index (χ1v) is 10.5. The summed E-state index contributed by atoms with van der Waals surface area (Å²) in [5, 5.41) is 0. The summed E-state index contributed by atoms with van der Waals surface area (Å²) >= 11 is 2.28. The molecular formula is C12H25IOSi. The lowest BCUT2D eigenvalue weighted by Crippen LogP contribution is -2.39. The highest BCUT2D eigenvalue weighted by atomic mass is 127. The van der Waals surface area contributed by atoms with Gasteiger partial charge in [0, 0.05) is 0 Å². The van der Waals surface area contributed by atoms with Gasteiger partial charge in [0.2, 0.25) is 0 Å². The fourth-order valence-electron chi connectivity index (χ4n) is 1.73. The topological polar surface area (TPSA) is 9.23 Å². The summed E-state index contributed by atoms with van der Waals surface area (Å²) in [5.74, 6) is 0. The molecule has 0 radical (unpaired) electrons. The SMILES string of the molecule is CCCCC[C@@](C)(/C=C/I)O[Si](C)(C)C. The van der Waals surface area contributed by atoms with Gasteiger partial charge in [-0.2, -0.15) is 0 Å². The van der Waals surface area contributed by atoms with E-state index in [4.69, 9.17) is 4.43 Å². The molecule has 0 aliphatic heterocycles. The molecule has 0 heterocycles. The zero-order chi connectivity index (χ0) is 11.9. The molecular weight excluding hydrogens is 315 g/mol. The summed E-state index contributed by atoms with van der Waals surface area (Å²) in [4.78, 5) is 0. The Bertz CT molecular complexity index is 198. The molecule has 0 aromatic heterocycles. The van der Waals surface area contributed by atoms with Crippen LogP contribution in [0.15, 0.2) is 10.2 Å². The Morgan fingerprint density at radius 3 is 2.27 bits per heavy atom. The molecule has 0 rings (SSSR count). The highest BCUT2D eigenvalue weighted by Crippen LogP contribution is 2.26. The smallest absolute Gasteiger partial charge is 0.184 e. The second-order valence-electron chi connectivity index (χ2n) is 5.28. The van der Waals surface area contributed by atoms with Crippen molar-refractivity contribution < 1.29 is 4.43 Å². The van der Waals surface area contributed by atoms with Crippen molar-refractivity contribution in [3.63, 3.8) is 0 Å². The van der Waals surface area contributed by atoms with Gasteiger partial charge in [-0.05, 0) is 43.1 Å². The zero-order valence-corrected chi connectivity index (χ0v) is 13.9. The number of unbranched alkanes of at least 4 members (excludes halogenated alkanes) is 2. The standard InChI is InChI=1S/C12H25IOSi/c1-6-7-8-9-12(2,10-11-13)14-15(3,4)5/h10-11H,6-9H2,1-5H3/b11-10+/t12-/m0/s1. The van der Waals surface area contributed by atoms with Gasteiger partial charge < -0.3 is 4.43 Å². The molecule has 3 heteroatoms. The Morgan fingerprint density at radius 2 is 1.87 bits per heavy atom. The molecule has 1 atom stereocenters. The molecule has 0 aromatic rings. The normalized spacial score (nSPS) is 16.9. The van der Waals surface area contributed by atoms with Gasteiger partial charge in [0.25, 0.3) is 0 Å². The van der Waals surface area contributed by atoms with Crippen LogP contribution in [0.3, 0.4) is 0 Å². The van der Waals surface area contributed by atoms with Crippen molar-refractivity contribution in [2.45, 2.75) is 64.8 Å². The van der Waals surface area contributed by atoms with E-state index in [1.807, 2.05) is 0 Å². The lowest BCUT2D eigenvalue weighted by Gasteiger charge is -2.34. The molecule has 0 aliphatic rings. The third kappa shape index (κ3) is 8.45. The molecule has 0 saturated carbocycles. The quantitative estimate of drug-likeness (QED) is 0.355. The van der Waals surface area contributed by atoms with Crippen molar-refractivity contribution in [1.82, 2.24) is 0 Å². The zero-order valence-electron chi connectivity index (χ0n) is 10.8. The second-order valence-corrected chi connectivity index (χ2v) is 10.4. The van der Waals surface area contributed by atoms with Gasteiger partial charge in [-0.3, -0.25) is 0 Å². The number of halogens is 1. The van der Waals surface area contributed by atoms with E-state index in [1.54, 1.807) is 0 Å². The molecule has 0 spiro atoms. The molecule has 0 amide bonds. The van der Waals surface area contributed by atoms with Crippen LogP contribution in [0.5, 0.6) is 0 Å². The third-order valence-electron chi connectivity index (χ3n) is 2.23. The van der Waals surface area contributed by atoms with Crippen LogP contribution in [0, 0.1) is 0 Å². The first-order chi connectivity index (χ1) is 6.83. The van der Waals surface area contributed by atoms with Gasteiger partial charge in [0.05, 0.1) is 5.60 Å². The minimum Gasteiger partial charge on any atom is -0.409 e. The van der Waals surface area contributed by atoms with Crippen LogP contribution < -0.4 is 0 Å². The van der Waals surface area contributed by atoms with E-state index in [2.05, 4.69) is 66.2 Å². The van der Waals surface area contributed by atoms with Crippen LogP contribution in [0.1, 0.15) is 39.5 Å². The fraction of sp³-hybridized carbons (Fsp3) is 0.833. The summed E-state index contributed by atoms with van der Waals surface area (Å²) in [7, 11) is -1.44. The van der Waals surface area contributed by atoms with Crippen LogP contribution in [0.25, 0.3) is 0 Å². The molecule has 90 valence electrons. The van der Waals surface area contributed by atoms with Gasteiger partial charge >= 0.3 is 0 Å². The minimum atomic E-state index is -1.44.